The Labute approximate surface area is 301 Å². The molecule has 0 fully saturated rings. The van der Waals surface area contributed by atoms with Crippen LogP contribution >= 0.6 is 0 Å². The number of nitro benzene ring substituents is 2. The number of fused-ring (bicyclic) bond motifs is 8. The van der Waals surface area contributed by atoms with E-state index in [-0.39, 0.29) is 21.2 Å². The average molecular weight is 693 g/mol. The largest absolute Gasteiger partial charge is 0.355 e. The summed E-state index contributed by atoms with van der Waals surface area (Å²) >= 11 is 0. The van der Waals surface area contributed by atoms with Crippen molar-refractivity contribution in [2.75, 3.05) is 0 Å². The van der Waals surface area contributed by atoms with E-state index in [4.69, 9.17) is 9.97 Å². The number of benzene rings is 2. The molecule has 0 spiro atoms. The van der Waals surface area contributed by atoms with E-state index in [1.807, 2.05) is 24.3 Å². The summed E-state index contributed by atoms with van der Waals surface area (Å²) in [6.07, 6.45) is 16.0. The minimum Gasteiger partial charge on any atom is -0.355 e. The van der Waals surface area contributed by atoms with Crippen molar-refractivity contribution in [3.8, 4) is 22.3 Å². The van der Waals surface area contributed by atoms with Gasteiger partial charge in [0.25, 0.3) is 11.4 Å². The number of nitro groups is 2. The summed E-state index contributed by atoms with van der Waals surface area (Å²) in [6.45, 7) is 4.37. The van der Waals surface area contributed by atoms with Gasteiger partial charge in [0.1, 0.15) is 0 Å². The van der Waals surface area contributed by atoms with Crippen LogP contribution < -0.4 is 0 Å². The van der Waals surface area contributed by atoms with Crippen molar-refractivity contribution in [2.24, 2.45) is 0 Å². The number of rotatable bonds is 12. The minimum atomic E-state index is -0.389. The highest BCUT2D eigenvalue weighted by Gasteiger charge is 2.19. The predicted molar refractivity (Wildman–Crippen MR) is 209 cm³/mol. The number of aromatic nitrogens is 4. The predicted octanol–water partition coefficient (Wildman–Crippen LogP) is 11.3. The van der Waals surface area contributed by atoms with Gasteiger partial charge in [0, 0.05) is 68.6 Å². The van der Waals surface area contributed by atoms with Crippen molar-refractivity contribution in [1.29, 1.82) is 0 Å². The first-order valence-electron chi connectivity index (χ1n) is 18.0. The van der Waals surface area contributed by atoms with E-state index in [1.165, 1.54) is 12.1 Å². The number of nitrogens with zero attached hydrogens (tertiary/aromatic N) is 4. The van der Waals surface area contributed by atoms with Gasteiger partial charge in [-0.25, -0.2) is 9.97 Å². The fourth-order valence-corrected chi connectivity index (χ4v) is 7.06. The molecular formula is C42H40N6O4. The number of non-ortho nitro benzene ring substituents is 2. The molecule has 2 aliphatic rings. The lowest BCUT2D eigenvalue weighted by Crippen LogP contribution is -1.94. The van der Waals surface area contributed by atoms with E-state index < -0.39 is 0 Å². The number of hydrogen-bond donors (Lipinski definition) is 2. The minimum absolute atomic E-state index is 0.0259. The zero-order valence-corrected chi connectivity index (χ0v) is 29.3. The summed E-state index contributed by atoms with van der Waals surface area (Å²) < 4.78 is 0. The Morgan fingerprint density at radius 3 is 1.29 bits per heavy atom. The van der Waals surface area contributed by atoms with Crippen molar-refractivity contribution in [2.45, 2.75) is 65.2 Å². The molecule has 10 nitrogen and oxygen atoms in total. The smallest absolute Gasteiger partial charge is 0.269 e. The second kappa shape index (κ2) is 15.0. The van der Waals surface area contributed by atoms with E-state index >= 15 is 0 Å². The van der Waals surface area contributed by atoms with Crippen LogP contribution in [0.1, 0.15) is 86.3 Å². The highest BCUT2D eigenvalue weighted by atomic mass is 16.6. The summed E-state index contributed by atoms with van der Waals surface area (Å²) in [5.41, 5.74) is 12.4. The molecule has 2 N–H and O–H groups in total. The maximum atomic E-state index is 11.5. The van der Waals surface area contributed by atoms with Crippen LogP contribution in [0, 0.1) is 20.2 Å². The Morgan fingerprint density at radius 1 is 0.500 bits per heavy atom. The lowest BCUT2D eigenvalue weighted by atomic mass is 10.0. The average Bonchev–Trinajstić information content (AvgIpc) is 3.99. The Kier molecular flexibility index (Phi) is 9.88. The van der Waals surface area contributed by atoms with Crippen molar-refractivity contribution >= 4 is 57.7 Å². The van der Waals surface area contributed by atoms with Gasteiger partial charge >= 0.3 is 0 Å². The topological polar surface area (TPSA) is 144 Å². The number of unbranched alkanes of at least 4 members (excludes halogenated alkanes) is 4. The third-order valence-electron chi connectivity index (χ3n) is 9.77. The van der Waals surface area contributed by atoms with Crippen molar-refractivity contribution in [3.05, 3.63) is 127 Å². The molecule has 0 saturated heterocycles. The van der Waals surface area contributed by atoms with Gasteiger partial charge in [-0.15, -0.1) is 0 Å². The molecule has 0 atom stereocenters. The lowest BCUT2D eigenvalue weighted by molar-refractivity contribution is -0.385. The van der Waals surface area contributed by atoms with E-state index in [9.17, 15) is 20.2 Å². The molecule has 5 aromatic rings. The van der Waals surface area contributed by atoms with Gasteiger partial charge in [-0.2, -0.15) is 0 Å². The summed E-state index contributed by atoms with van der Waals surface area (Å²) in [7, 11) is 0. The monoisotopic (exact) mass is 692 g/mol. The first kappa shape index (κ1) is 34.3. The van der Waals surface area contributed by atoms with Crippen LogP contribution in [-0.4, -0.2) is 29.8 Å². The molecule has 5 heterocycles. The quantitative estimate of drug-likeness (QED) is 0.0741. The molecule has 0 aliphatic carbocycles. The number of hydrogen-bond acceptors (Lipinski definition) is 6. The molecule has 10 heteroatoms. The lowest BCUT2D eigenvalue weighted by Gasteiger charge is -2.07. The first-order chi connectivity index (χ1) is 25.3. The summed E-state index contributed by atoms with van der Waals surface area (Å²) in [4.78, 5) is 40.2. The van der Waals surface area contributed by atoms with Crippen LogP contribution in [-0.2, 0) is 12.8 Å². The summed E-state index contributed by atoms with van der Waals surface area (Å²) in [5, 5.41) is 23.1. The van der Waals surface area contributed by atoms with Crippen LogP contribution in [0.25, 0.3) is 68.6 Å². The zero-order chi connectivity index (χ0) is 36.2. The fraction of sp³-hybridized carbons (Fsp3) is 0.238. The molecule has 2 aliphatic heterocycles. The van der Waals surface area contributed by atoms with Gasteiger partial charge in [0.2, 0.25) is 0 Å². The second-order valence-corrected chi connectivity index (χ2v) is 13.2. The normalized spacial score (nSPS) is 12.0. The van der Waals surface area contributed by atoms with Crippen LogP contribution in [0.5, 0.6) is 0 Å². The van der Waals surface area contributed by atoms with Crippen LogP contribution in [0.15, 0.2) is 72.8 Å². The maximum absolute atomic E-state index is 11.5. The van der Waals surface area contributed by atoms with Gasteiger partial charge in [0.15, 0.2) is 0 Å². The van der Waals surface area contributed by atoms with E-state index in [2.05, 4.69) is 48.1 Å². The summed E-state index contributed by atoms with van der Waals surface area (Å²) in [5.74, 6) is 0. The number of aryl methyl sites for hydroxylation is 2. The van der Waals surface area contributed by atoms with Crippen molar-refractivity contribution in [1.82, 2.24) is 19.9 Å². The molecule has 0 radical (unpaired) electrons. The van der Waals surface area contributed by atoms with Crippen LogP contribution in [0.3, 0.4) is 0 Å². The standard InChI is InChI=1S/C42H40N6O4/c1-3-5-7-9-31-33-19-23-37(43-33)41(27-11-15-29(16-12-27)47(49)50)39-25-21-35(45-39)32(10-8-6-4-2)36-22-26-40(46-36)42(38-24-20-34(31)44-38)28-13-17-30(18-14-28)48(51)52/h11-26,43,45H,3-10H2,1-2H3. The van der Waals surface area contributed by atoms with Crippen LogP contribution in [0.4, 0.5) is 11.4 Å². The maximum Gasteiger partial charge on any atom is 0.269 e. The molecule has 8 bridgehead atoms. The molecule has 52 heavy (non-hydrogen) atoms. The molecule has 0 saturated carbocycles. The van der Waals surface area contributed by atoms with Gasteiger partial charge in [0.05, 0.1) is 32.6 Å². The number of H-pyrrole nitrogens is 2. The zero-order valence-electron chi connectivity index (χ0n) is 29.3. The Balaban J connectivity index is 1.58. The van der Waals surface area contributed by atoms with E-state index in [1.54, 1.807) is 36.4 Å². The molecule has 0 unspecified atom stereocenters. The third kappa shape index (κ3) is 6.92. The van der Waals surface area contributed by atoms with Gasteiger partial charge in [-0.05, 0) is 110 Å². The Bertz CT molecular complexity index is 2280. The second-order valence-electron chi connectivity index (χ2n) is 13.2. The van der Waals surface area contributed by atoms with Crippen LogP contribution in [0.2, 0.25) is 0 Å². The van der Waals surface area contributed by atoms with Crippen molar-refractivity contribution in [3.63, 3.8) is 0 Å². The van der Waals surface area contributed by atoms with Gasteiger partial charge in [-0.3, -0.25) is 20.2 Å². The molecule has 0 amide bonds. The Hall–Kier alpha value is -6.16. The SMILES string of the molecule is CCCCCc1c2nc(c(-c3ccc([N+](=O)[O-])cc3)c3nc(c(CCCCC)c4ccc([nH]4)c(-c4ccc([N+](=O)[O-])cc4)c4ccc1[nH]4)C=C3)C=C2. The molecule has 7 rings (SSSR count). The highest BCUT2D eigenvalue weighted by Crippen LogP contribution is 2.36. The van der Waals surface area contributed by atoms with E-state index in [0.29, 0.717) is 0 Å². The number of nitrogens with one attached hydrogen (secondary N) is 2. The molecule has 3 aromatic heterocycles. The molecular weight excluding hydrogens is 652 g/mol. The highest BCUT2D eigenvalue weighted by molar-refractivity contribution is 5.95. The summed E-state index contributed by atoms with van der Waals surface area (Å²) in [6, 6.07) is 21.6. The van der Waals surface area contributed by atoms with E-state index in [0.717, 1.165) is 130 Å². The Morgan fingerprint density at radius 2 is 0.885 bits per heavy atom. The first-order valence-corrected chi connectivity index (χ1v) is 18.0. The molecule has 2 aromatic carbocycles. The van der Waals surface area contributed by atoms with Crippen molar-refractivity contribution < 1.29 is 9.85 Å². The fourth-order valence-electron chi connectivity index (χ4n) is 7.06. The molecule has 262 valence electrons. The number of aromatic amines is 2. The van der Waals surface area contributed by atoms with Gasteiger partial charge in [-0.1, -0.05) is 39.5 Å². The van der Waals surface area contributed by atoms with Gasteiger partial charge < -0.3 is 9.97 Å². The third-order valence-corrected chi connectivity index (χ3v) is 9.77.